The van der Waals surface area contributed by atoms with Gasteiger partial charge in [-0.05, 0) is 17.7 Å². The molecule has 0 aromatic heterocycles. The van der Waals surface area contributed by atoms with E-state index >= 15 is 0 Å². The van der Waals surface area contributed by atoms with Crippen molar-refractivity contribution in [1.82, 2.24) is 10.9 Å². The summed E-state index contributed by atoms with van der Waals surface area (Å²) in [6.07, 6.45) is 0. The van der Waals surface area contributed by atoms with E-state index < -0.39 is 0 Å². The van der Waals surface area contributed by atoms with E-state index in [-0.39, 0.29) is 0 Å². The standard InChI is InChI=1S/C10H16N2O/c1-3-11-12-8-9-5-4-6-10(7-9)13-2/h4-7,11-12H,3,8H2,1-2H3. The maximum Gasteiger partial charge on any atom is 0.119 e. The zero-order valence-electron chi connectivity index (χ0n) is 8.13. The Kier molecular flexibility index (Phi) is 4.29. The molecule has 0 fully saturated rings. The number of benzene rings is 1. The fraction of sp³-hybridized carbons (Fsp3) is 0.400. The van der Waals surface area contributed by atoms with Gasteiger partial charge >= 0.3 is 0 Å². The van der Waals surface area contributed by atoms with Gasteiger partial charge in [0.2, 0.25) is 0 Å². The minimum atomic E-state index is 0.811. The first kappa shape index (κ1) is 10.0. The molecule has 0 spiro atoms. The van der Waals surface area contributed by atoms with E-state index in [1.165, 1.54) is 5.56 Å². The van der Waals surface area contributed by atoms with Gasteiger partial charge in [0.05, 0.1) is 7.11 Å². The largest absolute Gasteiger partial charge is 0.497 e. The lowest BCUT2D eigenvalue weighted by Gasteiger charge is -2.06. The average Bonchev–Trinajstić information content (AvgIpc) is 2.19. The quantitative estimate of drug-likeness (QED) is 0.529. The van der Waals surface area contributed by atoms with Gasteiger partial charge in [0.25, 0.3) is 0 Å². The lowest BCUT2D eigenvalue weighted by molar-refractivity contribution is 0.413. The monoisotopic (exact) mass is 180 g/mol. The maximum absolute atomic E-state index is 5.11. The Bertz CT molecular complexity index is 250. The highest BCUT2D eigenvalue weighted by Gasteiger charge is 1.93. The van der Waals surface area contributed by atoms with E-state index in [0.717, 1.165) is 18.8 Å². The van der Waals surface area contributed by atoms with Crippen molar-refractivity contribution in [2.45, 2.75) is 13.5 Å². The van der Waals surface area contributed by atoms with Crippen molar-refractivity contribution in [2.75, 3.05) is 13.7 Å². The van der Waals surface area contributed by atoms with Crippen molar-refractivity contribution in [1.29, 1.82) is 0 Å². The number of nitrogens with one attached hydrogen (secondary N) is 2. The summed E-state index contributed by atoms with van der Waals surface area (Å²) in [5.74, 6) is 0.899. The zero-order valence-corrected chi connectivity index (χ0v) is 8.13. The zero-order chi connectivity index (χ0) is 9.52. The van der Waals surface area contributed by atoms with Crippen LogP contribution in [0.25, 0.3) is 0 Å². The van der Waals surface area contributed by atoms with Gasteiger partial charge in [0.1, 0.15) is 5.75 Å². The van der Waals surface area contributed by atoms with Crippen LogP contribution in [0, 0.1) is 0 Å². The van der Waals surface area contributed by atoms with Crippen LogP contribution in [-0.4, -0.2) is 13.7 Å². The summed E-state index contributed by atoms with van der Waals surface area (Å²) in [6, 6.07) is 8.01. The van der Waals surface area contributed by atoms with Crippen LogP contribution in [0.1, 0.15) is 12.5 Å². The fourth-order valence-electron chi connectivity index (χ4n) is 1.07. The molecule has 3 heteroatoms. The second kappa shape index (κ2) is 5.56. The molecule has 0 bridgehead atoms. The molecule has 0 atom stereocenters. The molecule has 72 valence electrons. The van der Waals surface area contributed by atoms with Gasteiger partial charge in [0.15, 0.2) is 0 Å². The van der Waals surface area contributed by atoms with Gasteiger partial charge in [-0.2, -0.15) is 0 Å². The van der Waals surface area contributed by atoms with E-state index in [2.05, 4.69) is 23.8 Å². The number of hydrogen-bond acceptors (Lipinski definition) is 3. The summed E-state index contributed by atoms with van der Waals surface area (Å²) >= 11 is 0. The van der Waals surface area contributed by atoms with Gasteiger partial charge in [-0.1, -0.05) is 19.1 Å². The van der Waals surface area contributed by atoms with E-state index in [4.69, 9.17) is 4.74 Å². The minimum absolute atomic E-state index is 0.811. The molecule has 0 saturated heterocycles. The second-order valence-corrected chi connectivity index (χ2v) is 2.74. The maximum atomic E-state index is 5.11. The van der Waals surface area contributed by atoms with Crippen LogP contribution >= 0.6 is 0 Å². The van der Waals surface area contributed by atoms with Crippen molar-refractivity contribution >= 4 is 0 Å². The van der Waals surface area contributed by atoms with E-state index in [1.54, 1.807) is 7.11 Å². The van der Waals surface area contributed by atoms with Gasteiger partial charge in [-0.3, -0.25) is 10.9 Å². The molecular weight excluding hydrogens is 164 g/mol. The lowest BCUT2D eigenvalue weighted by Crippen LogP contribution is -2.30. The smallest absolute Gasteiger partial charge is 0.119 e. The van der Waals surface area contributed by atoms with Gasteiger partial charge in [-0.25, -0.2) is 0 Å². The predicted molar refractivity (Wildman–Crippen MR) is 53.5 cm³/mol. The van der Waals surface area contributed by atoms with Gasteiger partial charge < -0.3 is 4.74 Å². The first-order valence-corrected chi connectivity index (χ1v) is 4.45. The Morgan fingerprint density at radius 3 is 2.85 bits per heavy atom. The van der Waals surface area contributed by atoms with Crippen molar-refractivity contribution < 1.29 is 4.74 Å². The predicted octanol–water partition coefficient (Wildman–Crippen LogP) is 1.31. The third kappa shape index (κ3) is 3.44. The number of rotatable bonds is 5. The fourth-order valence-corrected chi connectivity index (χ4v) is 1.07. The molecule has 0 amide bonds. The third-order valence-electron chi connectivity index (χ3n) is 1.73. The summed E-state index contributed by atoms with van der Waals surface area (Å²) in [7, 11) is 1.68. The average molecular weight is 180 g/mol. The summed E-state index contributed by atoms with van der Waals surface area (Å²) in [5.41, 5.74) is 7.35. The van der Waals surface area contributed by atoms with Crippen LogP contribution < -0.4 is 15.6 Å². The Morgan fingerprint density at radius 1 is 1.31 bits per heavy atom. The highest BCUT2D eigenvalue weighted by atomic mass is 16.5. The summed E-state index contributed by atoms with van der Waals surface area (Å²) in [4.78, 5) is 0. The summed E-state index contributed by atoms with van der Waals surface area (Å²) in [5, 5.41) is 0. The van der Waals surface area contributed by atoms with Gasteiger partial charge in [0, 0.05) is 13.1 Å². The Labute approximate surface area is 79.1 Å². The molecule has 0 aliphatic carbocycles. The summed E-state index contributed by atoms with van der Waals surface area (Å²) < 4.78 is 5.11. The van der Waals surface area contributed by atoms with E-state index in [0.29, 0.717) is 0 Å². The Balaban J connectivity index is 2.46. The van der Waals surface area contributed by atoms with E-state index in [1.807, 2.05) is 18.2 Å². The van der Waals surface area contributed by atoms with E-state index in [9.17, 15) is 0 Å². The molecule has 1 aromatic carbocycles. The molecule has 2 N–H and O–H groups in total. The number of hydrazine groups is 1. The molecule has 0 aliphatic heterocycles. The van der Waals surface area contributed by atoms with Crippen molar-refractivity contribution in [3.63, 3.8) is 0 Å². The minimum Gasteiger partial charge on any atom is -0.497 e. The summed E-state index contributed by atoms with van der Waals surface area (Å²) in [6.45, 7) is 3.79. The molecule has 0 unspecified atom stereocenters. The van der Waals surface area contributed by atoms with Crippen LogP contribution in [0.5, 0.6) is 5.75 Å². The Hall–Kier alpha value is -1.06. The molecule has 0 saturated carbocycles. The van der Waals surface area contributed by atoms with Crippen LogP contribution in [0.15, 0.2) is 24.3 Å². The van der Waals surface area contributed by atoms with Crippen LogP contribution in [-0.2, 0) is 6.54 Å². The van der Waals surface area contributed by atoms with Gasteiger partial charge in [-0.15, -0.1) is 0 Å². The van der Waals surface area contributed by atoms with Crippen molar-refractivity contribution in [2.24, 2.45) is 0 Å². The first-order chi connectivity index (χ1) is 6.36. The SMILES string of the molecule is CCNNCc1cccc(OC)c1. The lowest BCUT2D eigenvalue weighted by atomic mass is 10.2. The molecule has 3 nitrogen and oxygen atoms in total. The first-order valence-electron chi connectivity index (χ1n) is 4.45. The molecule has 13 heavy (non-hydrogen) atoms. The van der Waals surface area contributed by atoms with Crippen LogP contribution in [0.3, 0.4) is 0 Å². The Morgan fingerprint density at radius 2 is 2.15 bits per heavy atom. The van der Waals surface area contributed by atoms with Crippen LogP contribution in [0.4, 0.5) is 0 Å². The molecule has 1 aromatic rings. The molecule has 0 aliphatic rings. The van der Waals surface area contributed by atoms with Crippen LogP contribution in [0.2, 0.25) is 0 Å². The molecular formula is C10H16N2O. The normalized spacial score (nSPS) is 10.0. The molecule has 0 radical (unpaired) electrons. The second-order valence-electron chi connectivity index (χ2n) is 2.74. The molecule has 1 rings (SSSR count). The number of hydrogen-bond donors (Lipinski definition) is 2. The highest BCUT2D eigenvalue weighted by molar-refractivity contribution is 5.28. The highest BCUT2D eigenvalue weighted by Crippen LogP contribution is 2.11. The van der Waals surface area contributed by atoms with Crippen molar-refractivity contribution in [3.8, 4) is 5.75 Å². The third-order valence-corrected chi connectivity index (χ3v) is 1.73. The van der Waals surface area contributed by atoms with Crippen molar-refractivity contribution in [3.05, 3.63) is 29.8 Å². The topological polar surface area (TPSA) is 33.3 Å². The molecule has 0 heterocycles. The number of ether oxygens (including phenoxy) is 1. The number of methoxy groups -OCH3 is 1.